The fraction of sp³-hybridized carbons (Fsp3) is 0.462. The number of hydrogen-bond acceptors (Lipinski definition) is 4. The summed E-state index contributed by atoms with van der Waals surface area (Å²) in [5, 5.41) is 0. The number of hydrogen-bond donors (Lipinski definition) is 0. The topological polar surface area (TPSA) is 44.8 Å². The lowest BCUT2D eigenvalue weighted by Crippen LogP contribution is -2.17. The number of benzene rings is 1. The second-order valence-electron chi connectivity index (χ2n) is 3.94. The third-order valence-corrected chi connectivity index (χ3v) is 2.79. The Morgan fingerprint density at radius 2 is 2.41 bits per heavy atom. The number of carbonyl (C=O) groups excluding carboxylic acids is 1. The number of carbonyl (C=O) groups is 1. The Morgan fingerprint density at radius 3 is 3.06 bits per heavy atom. The normalized spacial score (nSPS) is 19.0. The van der Waals surface area contributed by atoms with Gasteiger partial charge in [-0.25, -0.2) is 0 Å². The van der Waals surface area contributed by atoms with E-state index in [1.54, 1.807) is 25.3 Å². The number of methoxy groups -OCH3 is 1. The zero-order chi connectivity index (χ0) is 12.1. The highest BCUT2D eigenvalue weighted by atomic mass is 16.5. The van der Waals surface area contributed by atoms with Crippen molar-refractivity contribution in [3.05, 3.63) is 23.8 Å². The van der Waals surface area contributed by atoms with Crippen LogP contribution in [0.4, 0.5) is 0 Å². The molecule has 1 fully saturated rings. The van der Waals surface area contributed by atoms with E-state index in [0.29, 0.717) is 23.7 Å². The van der Waals surface area contributed by atoms with Gasteiger partial charge in [0.05, 0.1) is 18.8 Å². The molecule has 1 aliphatic heterocycles. The van der Waals surface area contributed by atoms with Crippen molar-refractivity contribution in [1.82, 2.24) is 0 Å². The minimum absolute atomic E-state index is 0.124. The molecule has 0 radical (unpaired) electrons. The summed E-state index contributed by atoms with van der Waals surface area (Å²) in [6, 6.07) is 5.25. The molecule has 1 unspecified atom stereocenters. The fourth-order valence-corrected chi connectivity index (χ4v) is 1.89. The maximum absolute atomic E-state index is 10.9. The minimum atomic E-state index is 0.124. The van der Waals surface area contributed by atoms with Crippen LogP contribution in [-0.2, 0) is 4.74 Å². The molecule has 1 saturated heterocycles. The summed E-state index contributed by atoms with van der Waals surface area (Å²) >= 11 is 0. The Balaban J connectivity index is 2.09. The minimum Gasteiger partial charge on any atom is -0.493 e. The summed E-state index contributed by atoms with van der Waals surface area (Å²) in [4.78, 5) is 10.9. The van der Waals surface area contributed by atoms with Gasteiger partial charge in [-0.15, -0.1) is 0 Å². The lowest BCUT2D eigenvalue weighted by Gasteiger charge is -2.15. The molecule has 2 rings (SSSR count). The molecule has 0 aromatic heterocycles. The van der Waals surface area contributed by atoms with Crippen molar-refractivity contribution in [1.29, 1.82) is 0 Å². The maximum atomic E-state index is 10.9. The lowest BCUT2D eigenvalue weighted by molar-refractivity contribution is 0.0665. The summed E-state index contributed by atoms with van der Waals surface area (Å²) in [6.45, 7) is 1.25. The van der Waals surface area contributed by atoms with Gasteiger partial charge in [0.15, 0.2) is 17.8 Å². The second-order valence-corrected chi connectivity index (χ2v) is 3.94. The van der Waals surface area contributed by atoms with E-state index in [0.717, 1.165) is 25.7 Å². The van der Waals surface area contributed by atoms with Crippen LogP contribution in [0, 0.1) is 0 Å². The van der Waals surface area contributed by atoms with E-state index in [9.17, 15) is 4.79 Å². The third kappa shape index (κ3) is 2.77. The van der Waals surface area contributed by atoms with Gasteiger partial charge in [-0.2, -0.15) is 0 Å². The van der Waals surface area contributed by atoms with E-state index < -0.39 is 0 Å². The van der Waals surface area contributed by atoms with Crippen LogP contribution in [0.15, 0.2) is 18.2 Å². The Labute approximate surface area is 100 Å². The van der Waals surface area contributed by atoms with Crippen molar-refractivity contribution in [2.75, 3.05) is 20.3 Å². The summed E-state index contributed by atoms with van der Waals surface area (Å²) in [5.74, 6) is 1.08. The predicted molar refractivity (Wildman–Crippen MR) is 62.9 cm³/mol. The maximum Gasteiger partial charge on any atom is 0.171 e. The highest BCUT2D eigenvalue weighted by Gasteiger charge is 2.18. The number of aldehydes is 1. The Hall–Kier alpha value is -1.55. The van der Waals surface area contributed by atoms with Crippen LogP contribution in [0.25, 0.3) is 0 Å². The van der Waals surface area contributed by atoms with E-state index in [4.69, 9.17) is 14.2 Å². The van der Waals surface area contributed by atoms with Crippen LogP contribution in [0.3, 0.4) is 0 Å². The number of rotatable bonds is 5. The molecule has 0 spiro atoms. The molecule has 4 nitrogen and oxygen atoms in total. The smallest absolute Gasteiger partial charge is 0.171 e. The van der Waals surface area contributed by atoms with Crippen molar-refractivity contribution in [3.63, 3.8) is 0 Å². The van der Waals surface area contributed by atoms with Gasteiger partial charge in [0, 0.05) is 6.61 Å². The van der Waals surface area contributed by atoms with Crippen molar-refractivity contribution < 1.29 is 19.0 Å². The van der Waals surface area contributed by atoms with Crippen molar-refractivity contribution in [3.8, 4) is 11.5 Å². The van der Waals surface area contributed by atoms with E-state index >= 15 is 0 Å². The molecule has 1 aromatic rings. The molecule has 1 atom stereocenters. The first-order valence-electron chi connectivity index (χ1n) is 5.71. The summed E-state index contributed by atoms with van der Waals surface area (Å²) < 4.78 is 16.3. The molecular formula is C13H16O4. The Bertz CT molecular complexity index is 383. The van der Waals surface area contributed by atoms with Gasteiger partial charge in [0.25, 0.3) is 0 Å². The van der Waals surface area contributed by atoms with Crippen molar-refractivity contribution in [2.24, 2.45) is 0 Å². The van der Waals surface area contributed by atoms with Crippen LogP contribution in [0.1, 0.15) is 23.2 Å². The largest absolute Gasteiger partial charge is 0.493 e. The van der Waals surface area contributed by atoms with Crippen LogP contribution < -0.4 is 9.47 Å². The molecule has 1 heterocycles. The molecule has 0 saturated carbocycles. The average molecular weight is 236 g/mol. The first-order chi connectivity index (χ1) is 8.35. The van der Waals surface area contributed by atoms with Gasteiger partial charge < -0.3 is 14.2 Å². The van der Waals surface area contributed by atoms with Gasteiger partial charge in [-0.05, 0) is 25.0 Å². The molecule has 92 valence electrons. The molecule has 0 aliphatic carbocycles. The van der Waals surface area contributed by atoms with Gasteiger partial charge in [-0.3, -0.25) is 4.79 Å². The quantitative estimate of drug-likeness (QED) is 0.734. The Morgan fingerprint density at radius 1 is 1.53 bits per heavy atom. The summed E-state index contributed by atoms with van der Waals surface area (Å²) in [6.07, 6.45) is 2.97. The third-order valence-electron chi connectivity index (χ3n) is 2.79. The fourth-order valence-electron chi connectivity index (χ4n) is 1.89. The van der Waals surface area contributed by atoms with Crippen LogP contribution >= 0.6 is 0 Å². The van der Waals surface area contributed by atoms with Gasteiger partial charge in [0.2, 0.25) is 0 Å². The van der Waals surface area contributed by atoms with Crippen molar-refractivity contribution in [2.45, 2.75) is 18.9 Å². The van der Waals surface area contributed by atoms with Crippen molar-refractivity contribution >= 4 is 6.29 Å². The second kappa shape index (κ2) is 5.68. The van der Waals surface area contributed by atoms with Crippen LogP contribution in [0.2, 0.25) is 0 Å². The SMILES string of the molecule is COc1cccc(C=O)c1OCC1CCCO1. The highest BCUT2D eigenvalue weighted by Crippen LogP contribution is 2.30. The summed E-state index contributed by atoms with van der Waals surface area (Å²) in [7, 11) is 1.56. The molecule has 17 heavy (non-hydrogen) atoms. The van der Waals surface area contributed by atoms with Gasteiger partial charge in [0.1, 0.15) is 6.61 Å². The van der Waals surface area contributed by atoms with Crippen LogP contribution in [0.5, 0.6) is 11.5 Å². The number of para-hydroxylation sites is 1. The lowest BCUT2D eigenvalue weighted by atomic mass is 10.2. The van der Waals surface area contributed by atoms with Crippen LogP contribution in [-0.4, -0.2) is 32.7 Å². The van der Waals surface area contributed by atoms with E-state index in [2.05, 4.69) is 0 Å². The zero-order valence-corrected chi connectivity index (χ0v) is 9.85. The molecule has 1 aliphatic rings. The monoisotopic (exact) mass is 236 g/mol. The first kappa shape index (κ1) is 11.9. The van der Waals surface area contributed by atoms with Gasteiger partial charge >= 0.3 is 0 Å². The molecule has 0 amide bonds. The molecule has 0 bridgehead atoms. The first-order valence-corrected chi connectivity index (χ1v) is 5.71. The molecule has 4 heteroatoms. The molecule has 1 aromatic carbocycles. The highest BCUT2D eigenvalue weighted by molar-refractivity contribution is 5.81. The van der Waals surface area contributed by atoms with E-state index in [1.807, 2.05) is 0 Å². The number of ether oxygens (including phenoxy) is 3. The van der Waals surface area contributed by atoms with E-state index in [-0.39, 0.29) is 6.10 Å². The molecule has 0 N–H and O–H groups in total. The molecular weight excluding hydrogens is 220 g/mol. The Kier molecular flexibility index (Phi) is 3.98. The van der Waals surface area contributed by atoms with E-state index in [1.165, 1.54) is 0 Å². The predicted octanol–water partition coefficient (Wildman–Crippen LogP) is 2.07. The zero-order valence-electron chi connectivity index (χ0n) is 9.85. The standard InChI is InChI=1S/C13H16O4/c1-15-12-6-2-4-10(8-14)13(12)17-9-11-5-3-7-16-11/h2,4,6,8,11H,3,5,7,9H2,1H3. The summed E-state index contributed by atoms with van der Waals surface area (Å²) in [5.41, 5.74) is 0.502. The van der Waals surface area contributed by atoms with Gasteiger partial charge in [-0.1, -0.05) is 6.07 Å². The average Bonchev–Trinajstić information content (AvgIpc) is 2.88.